The highest BCUT2D eigenvalue weighted by Crippen LogP contribution is 2.41. The van der Waals surface area contributed by atoms with Crippen LogP contribution in [0.2, 0.25) is 0 Å². The van der Waals surface area contributed by atoms with Crippen LogP contribution in [0, 0.1) is 0 Å². The summed E-state index contributed by atoms with van der Waals surface area (Å²) in [4.78, 5) is 0.246. The van der Waals surface area contributed by atoms with Crippen LogP contribution in [-0.2, 0) is 27.7 Å². The van der Waals surface area contributed by atoms with E-state index in [1.807, 2.05) is 37.7 Å². The van der Waals surface area contributed by atoms with Gasteiger partial charge in [-0.05, 0) is 32.4 Å². The van der Waals surface area contributed by atoms with Crippen molar-refractivity contribution in [2.75, 3.05) is 19.7 Å². The van der Waals surface area contributed by atoms with Crippen LogP contribution in [0.4, 0.5) is 0 Å². The lowest BCUT2D eigenvalue weighted by molar-refractivity contribution is -0.00268. The Labute approximate surface area is 159 Å². The zero-order valence-corrected chi connectivity index (χ0v) is 16.7. The van der Waals surface area contributed by atoms with E-state index >= 15 is 0 Å². The van der Waals surface area contributed by atoms with E-state index in [-0.39, 0.29) is 17.5 Å². The molecule has 1 saturated heterocycles. The highest BCUT2D eigenvalue weighted by molar-refractivity contribution is 7.89. The number of benzene rings is 1. The maximum absolute atomic E-state index is 13.4. The molecule has 2 aliphatic heterocycles. The number of fused-ring (bicyclic) bond motifs is 1. The fraction of sp³-hybridized carbons (Fsp3) is 0.526. The predicted octanol–water partition coefficient (Wildman–Crippen LogP) is 2.38. The first-order valence-corrected chi connectivity index (χ1v) is 10.7. The van der Waals surface area contributed by atoms with E-state index in [2.05, 4.69) is 5.10 Å². The lowest BCUT2D eigenvalue weighted by Crippen LogP contribution is -2.42. The van der Waals surface area contributed by atoms with Gasteiger partial charge in [0.1, 0.15) is 16.2 Å². The van der Waals surface area contributed by atoms with Crippen molar-refractivity contribution in [1.29, 1.82) is 0 Å². The van der Waals surface area contributed by atoms with E-state index < -0.39 is 15.6 Å². The molecule has 0 N–H and O–H groups in total. The summed E-state index contributed by atoms with van der Waals surface area (Å²) in [6, 6.07) is 5.36. The minimum absolute atomic E-state index is 0.246. The first-order valence-electron chi connectivity index (χ1n) is 9.25. The number of rotatable bonds is 4. The minimum atomic E-state index is -3.68. The van der Waals surface area contributed by atoms with Crippen LogP contribution >= 0.6 is 0 Å². The molecule has 0 radical (unpaired) electrons. The van der Waals surface area contributed by atoms with Crippen LogP contribution in [0.3, 0.4) is 0 Å². The number of aromatic nitrogens is 2. The van der Waals surface area contributed by atoms with Gasteiger partial charge in [-0.15, -0.1) is 0 Å². The van der Waals surface area contributed by atoms with Crippen LogP contribution in [0.5, 0.6) is 5.75 Å². The van der Waals surface area contributed by atoms with Gasteiger partial charge in [0.2, 0.25) is 10.0 Å². The molecule has 0 bridgehead atoms. The maximum Gasteiger partial charge on any atom is 0.246 e. The molecule has 1 atom stereocenters. The minimum Gasteiger partial charge on any atom is -0.486 e. The average molecular weight is 391 g/mol. The number of morpholine rings is 1. The van der Waals surface area contributed by atoms with Gasteiger partial charge >= 0.3 is 0 Å². The zero-order valence-electron chi connectivity index (χ0n) is 15.9. The molecule has 2 aromatic rings. The molecule has 2 aliphatic rings. The van der Waals surface area contributed by atoms with Crippen LogP contribution in [0.15, 0.2) is 35.5 Å². The third-order valence-electron chi connectivity index (χ3n) is 5.05. The Hall–Kier alpha value is -1.90. The molecule has 1 aromatic heterocycles. The number of para-hydroxylation sites is 1. The number of sulfonamides is 1. The molecule has 27 heavy (non-hydrogen) atoms. The highest BCUT2D eigenvalue weighted by Gasteiger charge is 2.38. The second kappa shape index (κ2) is 6.61. The molecule has 0 saturated carbocycles. The van der Waals surface area contributed by atoms with Gasteiger partial charge in [-0.3, -0.25) is 4.68 Å². The summed E-state index contributed by atoms with van der Waals surface area (Å²) in [5.74, 6) is 0.490. The topological polar surface area (TPSA) is 73.7 Å². The summed E-state index contributed by atoms with van der Waals surface area (Å²) in [6.45, 7) is 7.66. The Morgan fingerprint density at radius 3 is 2.89 bits per heavy atom. The smallest absolute Gasteiger partial charge is 0.246 e. The first kappa shape index (κ1) is 18.5. The number of nitrogens with zero attached hydrogens (tertiary/aromatic N) is 3. The fourth-order valence-electron chi connectivity index (χ4n) is 3.69. The largest absolute Gasteiger partial charge is 0.486 e. The van der Waals surface area contributed by atoms with Gasteiger partial charge in [0.05, 0.1) is 18.9 Å². The molecule has 0 unspecified atom stereocenters. The van der Waals surface area contributed by atoms with Crippen LogP contribution in [0.1, 0.15) is 38.0 Å². The maximum atomic E-state index is 13.4. The van der Waals surface area contributed by atoms with Crippen molar-refractivity contribution < 1.29 is 17.9 Å². The Balaban J connectivity index is 1.62. The van der Waals surface area contributed by atoms with Crippen LogP contribution < -0.4 is 4.74 Å². The molecule has 0 amide bonds. The van der Waals surface area contributed by atoms with E-state index in [1.54, 1.807) is 18.3 Å². The molecule has 0 aliphatic carbocycles. The number of hydrogen-bond acceptors (Lipinski definition) is 5. The van der Waals surface area contributed by atoms with Crippen molar-refractivity contribution in [1.82, 2.24) is 14.1 Å². The lowest BCUT2D eigenvalue weighted by Gasteiger charge is -2.32. The molecule has 3 heterocycles. The van der Waals surface area contributed by atoms with Gasteiger partial charge in [-0.2, -0.15) is 9.40 Å². The number of hydrogen-bond donors (Lipinski definition) is 0. The zero-order chi connectivity index (χ0) is 19.2. The summed E-state index contributed by atoms with van der Waals surface area (Å²) in [5, 5.41) is 4.27. The Kier molecular flexibility index (Phi) is 4.52. The second-order valence-electron chi connectivity index (χ2n) is 7.63. The highest BCUT2D eigenvalue weighted by atomic mass is 32.2. The summed E-state index contributed by atoms with van der Waals surface area (Å²) < 4.78 is 41.8. The second-order valence-corrected chi connectivity index (χ2v) is 9.54. The fourth-order valence-corrected chi connectivity index (χ4v) is 5.28. The molecular weight excluding hydrogens is 366 g/mol. The Bertz CT molecular complexity index is 952. The van der Waals surface area contributed by atoms with E-state index in [0.717, 1.165) is 17.7 Å². The molecule has 4 rings (SSSR count). The Morgan fingerprint density at radius 2 is 2.15 bits per heavy atom. The van der Waals surface area contributed by atoms with Crippen molar-refractivity contribution in [3.63, 3.8) is 0 Å². The molecule has 8 heteroatoms. The van der Waals surface area contributed by atoms with E-state index in [1.165, 1.54) is 4.31 Å². The molecule has 1 fully saturated rings. The normalized spacial score (nSPS) is 22.4. The summed E-state index contributed by atoms with van der Waals surface area (Å²) >= 11 is 0. The van der Waals surface area contributed by atoms with Gasteiger partial charge < -0.3 is 9.47 Å². The van der Waals surface area contributed by atoms with Crippen LogP contribution in [-0.4, -0.2) is 47.8 Å². The van der Waals surface area contributed by atoms with Gasteiger partial charge in [-0.25, -0.2) is 8.42 Å². The lowest BCUT2D eigenvalue weighted by atomic mass is 10.0. The average Bonchev–Trinajstić information content (AvgIpc) is 3.23. The third-order valence-corrected chi connectivity index (χ3v) is 6.94. The van der Waals surface area contributed by atoms with E-state index in [0.29, 0.717) is 25.3 Å². The van der Waals surface area contributed by atoms with Crippen molar-refractivity contribution >= 4 is 10.0 Å². The first-order chi connectivity index (χ1) is 12.8. The summed E-state index contributed by atoms with van der Waals surface area (Å²) in [6.07, 6.45) is 4.04. The van der Waals surface area contributed by atoms with Gasteiger partial charge in [0, 0.05) is 37.8 Å². The summed E-state index contributed by atoms with van der Waals surface area (Å²) in [7, 11) is -3.68. The third kappa shape index (κ3) is 3.37. The van der Waals surface area contributed by atoms with E-state index in [4.69, 9.17) is 9.47 Å². The van der Waals surface area contributed by atoms with Gasteiger partial charge in [0.15, 0.2) is 0 Å². The molecule has 0 spiro atoms. The van der Waals surface area contributed by atoms with Crippen molar-refractivity contribution in [2.45, 2.75) is 50.3 Å². The van der Waals surface area contributed by atoms with E-state index in [9.17, 15) is 8.42 Å². The van der Waals surface area contributed by atoms with Crippen LogP contribution in [0.25, 0.3) is 0 Å². The number of aryl methyl sites for hydroxylation is 1. The molecule has 7 nitrogen and oxygen atoms in total. The predicted molar refractivity (Wildman–Crippen MR) is 100 cm³/mol. The Morgan fingerprint density at radius 1 is 1.33 bits per heavy atom. The van der Waals surface area contributed by atoms with Crippen molar-refractivity contribution in [3.05, 3.63) is 41.7 Å². The quantitative estimate of drug-likeness (QED) is 0.800. The monoisotopic (exact) mass is 391 g/mol. The standard InChI is InChI=1S/C19H25N3O4S/c1-4-21-12-15(11-20-21)16-13-22(8-9-25-16)27(23,24)17-7-5-6-14-10-19(2,3)26-18(14)17/h5-7,11-12,16H,4,8-10,13H2,1-3H3/t16-/m0/s1. The number of ether oxygens (including phenoxy) is 2. The van der Waals surface area contributed by atoms with Gasteiger partial charge in [-0.1, -0.05) is 12.1 Å². The SMILES string of the molecule is CCn1cc([C@@H]2CN(S(=O)(=O)c3cccc4c3OC(C)(C)C4)CCO2)cn1. The molecule has 146 valence electrons. The molecular formula is C19H25N3O4S. The summed E-state index contributed by atoms with van der Waals surface area (Å²) in [5.41, 5.74) is 1.44. The van der Waals surface area contributed by atoms with Gasteiger partial charge in [0.25, 0.3) is 0 Å². The van der Waals surface area contributed by atoms with Crippen molar-refractivity contribution in [2.24, 2.45) is 0 Å². The molecule has 1 aromatic carbocycles. The van der Waals surface area contributed by atoms with Crippen molar-refractivity contribution in [3.8, 4) is 5.75 Å².